The van der Waals surface area contributed by atoms with Crippen LogP contribution in [0.3, 0.4) is 0 Å². The van der Waals surface area contributed by atoms with Crippen LogP contribution in [0, 0.1) is 0 Å². The van der Waals surface area contributed by atoms with Gasteiger partial charge in [0.2, 0.25) is 5.91 Å². The molecule has 1 unspecified atom stereocenters. The van der Waals surface area contributed by atoms with Crippen molar-refractivity contribution in [2.45, 2.75) is 37.5 Å². The molecule has 9 nitrogen and oxygen atoms in total. The van der Waals surface area contributed by atoms with Crippen LogP contribution < -0.4 is 10.6 Å². The van der Waals surface area contributed by atoms with Crippen molar-refractivity contribution in [2.75, 3.05) is 18.4 Å². The Bertz CT molecular complexity index is 1230. The molecule has 0 saturated carbocycles. The predicted molar refractivity (Wildman–Crippen MR) is 133 cm³/mol. The first kappa shape index (κ1) is 22.6. The fraction of sp³-hybridized carbons (Fsp3) is 0.348. The molecule has 11 heteroatoms. The summed E-state index contributed by atoms with van der Waals surface area (Å²) >= 11 is 2.90. The molecule has 1 fully saturated rings. The lowest BCUT2D eigenvalue weighted by atomic mass is 10.1. The lowest BCUT2D eigenvalue weighted by Gasteiger charge is -2.27. The molecule has 0 aliphatic carbocycles. The number of carbonyl (C=O) groups excluding carboxylic acids is 3. The third kappa shape index (κ3) is 5.15. The second-order valence-corrected chi connectivity index (χ2v) is 10.3. The van der Waals surface area contributed by atoms with E-state index < -0.39 is 5.25 Å². The van der Waals surface area contributed by atoms with Crippen molar-refractivity contribution in [1.82, 2.24) is 19.6 Å². The van der Waals surface area contributed by atoms with Gasteiger partial charge >= 0.3 is 0 Å². The van der Waals surface area contributed by atoms with Crippen LogP contribution in [0.2, 0.25) is 0 Å². The van der Waals surface area contributed by atoms with E-state index in [1.165, 1.54) is 29.5 Å². The average Bonchev–Trinajstić information content (AvgIpc) is 3.54. The summed E-state index contributed by atoms with van der Waals surface area (Å²) in [4.78, 5) is 49.1. The number of aliphatic imine (C=N–C) groups is 1. The molecule has 0 bridgehead atoms. The van der Waals surface area contributed by atoms with E-state index in [0.29, 0.717) is 17.8 Å². The number of aromatic nitrogens is 2. The maximum absolute atomic E-state index is 12.6. The van der Waals surface area contributed by atoms with E-state index in [-0.39, 0.29) is 24.1 Å². The smallest absolute Gasteiger partial charge is 0.262 e. The van der Waals surface area contributed by atoms with Crippen LogP contribution >= 0.6 is 23.1 Å². The van der Waals surface area contributed by atoms with Gasteiger partial charge in [0, 0.05) is 48.5 Å². The summed E-state index contributed by atoms with van der Waals surface area (Å²) in [5.74, 6) is -0.793. The van der Waals surface area contributed by atoms with Gasteiger partial charge in [-0.3, -0.25) is 18.8 Å². The van der Waals surface area contributed by atoms with Gasteiger partial charge in [0.25, 0.3) is 11.8 Å². The largest absolute Gasteiger partial charge is 0.351 e. The highest BCUT2D eigenvalue weighted by atomic mass is 32.2. The first-order valence-electron chi connectivity index (χ1n) is 11.2. The van der Waals surface area contributed by atoms with Crippen LogP contribution in [0.1, 0.15) is 41.7 Å². The van der Waals surface area contributed by atoms with Crippen molar-refractivity contribution in [3.8, 4) is 0 Å². The molecule has 1 atom stereocenters. The summed E-state index contributed by atoms with van der Waals surface area (Å²) in [7, 11) is 0. The zero-order valence-electron chi connectivity index (χ0n) is 18.4. The number of benzene rings is 1. The van der Waals surface area contributed by atoms with Crippen LogP contribution in [-0.4, -0.2) is 55.5 Å². The SMILES string of the molecule is O=C(CC1SC(N2CCCCC2)=NC1=O)Nc1cccc(C(=O)NCc2cn3ccsc3n2)c1. The lowest BCUT2D eigenvalue weighted by Crippen LogP contribution is -2.33. The third-order valence-electron chi connectivity index (χ3n) is 5.71. The maximum Gasteiger partial charge on any atom is 0.262 e. The molecule has 0 spiro atoms. The second-order valence-electron chi connectivity index (χ2n) is 8.23. The van der Waals surface area contributed by atoms with Crippen molar-refractivity contribution in [2.24, 2.45) is 4.99 Å². The average molecular weight is 497 g/mol. The Morgan fingerprint density at radius 1 is 1.18 bits per heavy atom. The van der Waals surface area contributed by atoms with Crippen LogP contribution in [-0.2, 0) is 16.1 Å². The quantitative estimate of drug-likeness (QED) is 0.543. The minimum absolute atomic E-state index is 0.0399. The van der Waals surface area contributed by atoms with Crippen LogP contribution in [0.4, 0.5) is 5.69 Å². The van der Waals surface area contributed by atoms with Crippen LogP contribution in [0.5, 0.6) is 0 Å². The van der Waals surface area contributed by atoms with Gasteiger partial charge in [-0.2, -0.15) is 4.99 Å². The molecule has 5 rings (SSSR count). The number of carbonyl (C=O) groups is 3. The Hall–Kier alpha value is -3.18. The standard InChI is InChI=1S/C23H24N6O3S2/c30-19(12-18-21(32)27-23(34-18)28-7-2-1-3-8-28)25-16-6-4-5-15(11-16)20(31)24-13-17-14-29-9-10-33-22(29)26-17/h4-6,9-11,14,18H,1-3,7-8,12-13H2,(H,24,31)(H,25,30). The van der Waals surface area contributed by atoms with E-state index in [2.05, 4.69) is 25.5 Å². The zero-order valence-corrected chi connectivity index (χ0v) is 20.0. The second kappa shape index (κ2) is 9.98. The number of hydrogen-bond acceptors (Lipinski definition) is 7. The van der Waals surface area contributed by atoms with Gasteiger partial charge in [-0.15, -0.1) is 11.3 Å². The first-order chi connectivity index (χ1) is 16.5. The van der Waals surface area contributed by atoms with Crippen molar-refractivity contribution in [1.29, 1.82) is 0 Å². The maximum atomic E-state index is 12.6. The van der Waals surface area contributed by atoms with Gasteiger partial charge in [0.1, 0.15) is 5.25 Å². The summed E-state index contributed by atoms with van der Waals surface area (Å²) in [5.41, 5.74) is 1.71. The van der Waals surface area contributed by atoms with Crippen LogP contribution in [0.25, 0.3) is 4.96 Å². The summed E-state index contributed by atoms with van der Waals surface area (Å²) in [6.07, 6.45) is 7.24. The molecule has 1 saturated heterocycles. The Morgan fingerprint density at radius 2 is 2.03 bits per heavy atom. The number of anilines is 1. The lowest BCUT2D eigenvalue weighted by molar-refractivity contribution is -0.121. The molecule has 2 N–H and O–H groups in total. The Morgan fingerprint density at radius 3 is 2.85 bits per heavy atom. The number of amidine groups is 1. The monoisotopic (exact) mass is 496 g/mol. The number of imidazole rings is 1. The molecule has 3 aromatic rings. The van der Waals surface area contributed by atoms with Crippen LogP contribution in [0.15, 0.2) is 47.0 Å². The number of thiazole rings is 1. The molecule has 2 aromatic heterocycles. The molecule has 1 aromatic carbocycles. The molecule has 34 heavy (non-hydrogen) atoms. The van der Waals surface area contributed by atoms with Gasteiger partial charge in [-0.25, -0.2) is 4.98 Å². The Balaban J connectivity index is 1.13. The number of amides is 3. The number of piperidine rings is 1. The highest BCUT2D eigenvalue weighted by Crippen LogP contribution is 2.29. The molecule has 2 aliphatic rings. The number of nitrogens with one attached hydrogen (secondary N) is 2. The van der Waals surface area contributed by atoms with Gasteiger partial charge in [0.15, 0.2) is 10.1 Å². The normalized spacial score (nSPS) is 18.2. The Kier molecular flexibility index (Phi) is 6.63. The predicted octanol–water partition coefficient (Wildman–Crippen LogP) is 3.14. The van der Waals surface area contributed by atoms with Gasteiger partial charge in [-0.1, -0.05) is 17.8 Å². The highest BCUT2D eigenvalue weighted by Gasteiger charge is 2.33. The molecule has 2 aliphatic heterocycles. The number of rotatable bonds is 6. The summed E-state index contributed by atoms with van der Waals surface area (Å²) in [6.45, 7) is 2.13. The van der Waals surface area contributed by atoms with Crippen molar-refractivity contribution in [3.63, 3.8) is 0 Å². The summed E-state index contributed by atoms with van der Waals surface area (Å²) in [6, 6.07) is 6.74. The van der Waals surface area contributed by atoms with E-state index in [9.17, 15) is 14.4 Å². The number of fused-ring (bicyclic) bond motifs is 1. The van der Waals surface area contributed by atoms with E-state index >= 15 is 0 Å². The van der Waals surface area contributed by atoms with Gasteiger partial charge in [0.05, 0.1) is 12.2 Å². The Labute approximate surface area is 204 Å². The fourth-order valence-corrected chi connectivity index (χ4v) is 5.82. The van der Waals surface area contributed by atoms with Crippen molar-refractivity contribution >= 4 is 56.6 Å². The van der Waals surface area contributed by atoms with E-state index in [1.807, 2.05) is 22.2 Å². The molecule has 3 amide bonds. The molecule has 0 radical (unpaired) electrons. The molecular weight excluding hydrogens is 472 g/mol. The topological polar surface area (TPSA) is 108 Å². The minimum Gasteiger partial charge on any atom is -0.351 e. The number of likely N-dealkylation sites (tertiary alicyclic amines) is 1. The molecule has 4 heterocycles. The van der Waals surface area contributed by atoms with Crippen molar-refractivity contribution < 1.29 is 14.4 Å². The highest BCUT2D eigenvalue weighted by molar-refractivity contribution is 8.15. The number of thioether (sulfide) groups is 1. The summed E-state index contributed by atoms with van der Waals surface area (Å²) in [5, 5.41) is 7.84. The van der Waals surface area contributed by atoms with E-state index in [4.69, 9.17) is 0 Å². The number of nitrogens with zero attached hydrogens (tertiary/aromatic N) is 4. The fourth-order valence-electron chi connectivity index (χ4n) is 3.98. The van der Waals surface area contributed by atoms with E-state index in [1.54, 1.807) is 24.3 Å². The molecular formula is C23H24N6O3S2. The van der Waals surface area contributed by atoms with Crippen molar-refractivity contribution in [3.05, 3.63) is 53.3 Å². The van der Waals surface area contributed by atoms with Gasteiger partial charge < -0.3 is 15.5 Å². The third-order valence-corrected chi connectivity index (χ3v) is 7.69. The number of hydrogen-bond donors (Lipinski definition) is 2. The minimum atomic E-state index is -0.507. The van der Waals surface area contributed by atoms with E-state index in [0.717, 1.165) is 41.8 Å². The molecule has 176 valence electrons. The van der Waals surface area contributed by atoms with Gasteiger partial charge in [-0.05, 0) is 37.5 Å². The zero-order chi connectivity index (χ0) is 23.5. The summed E-state index contributed by atoms with van der Waals surface area (Å²) < 4.78 is 1.91. The first-order valence-corrected chi connectivity index (χ1v) is 12.9.